The molecule has 0 aromatic heterocycles. The highest BCUT2D eigenvalue weighted by Gasteiger charge is 2.48. The summed E-state index contributed by atoms with van der Waals surface area (Å²) >= 11 is 0. The smallest absolute Gasteiger partial charge is 0.139 e. The highest BCUT2D eigenvalue weighted by atomic mass is 16.1. The number of ketones is 1. The van der Waals surface area contributed by atoms with E-state index in [1.54, 1.807) is 0 Å². The van der Waals surface area contributed by atoms with Gasteiger partial charge in [-0.05, 0) is 31.6 Å². The molecule has 2 rings (SSSR count). The molecule has 0 saturated heterocycles. The van der Waals surface area contributed by atoms with Gasteiger partial charge < -0.3 is 0 Å². The Morgan fingerprint density at radius 1 is 1.13 bits per heavy atom. The zero-order valence-corrected chi connectivity index (χ0v) is 10.0. The van der Waals surface area contributed by atoms with Crippen LogP contribution < -0.4 is 0 Å². The molecule has 0 aromatic rings. The molecule has 3 atom stereocenters. The summed E-state index contributed by atoms with van der Waals surface area (Å²) in [6, 6.07) is 0. The van der Waals surface area contributed by atoms with Gasteiger partial charge in [0.05, 0.1) is 0 Å². The predicted octanol–water partition coefficient (Wildman–Crippen LogP) is 3.96. The van der Waals surface area contributed by atoms with Gasteiger partial charge in [0.1, 0.15) is 5.78 Å². The molecule has 0 radical (unpaired) electrons. The van der Waals surface area contributed by atoms with Crippen molar-refractivity contribution in [3.63, 3.8) is 0 Å². The maximum Gasteiger partial charge on any atom is 0.139 e. The van der Waals surface area contributed by atoms with Gasteiger partial charge in [-0.3, -0.25) is 4.79 Å². The molecule has 2 aliphatic rings. The molecule has 2 fully saturated rings. The minimum absolute atomic E-state index is 0.454. The molecular weight excluding hydrogens is 184 g/mol. The molecule has 86 valence electrons. The van der Waals surface area contributed by atoms with Crippen molar-refractivity contribution < 1.29 is 4.79 Å². The summed E-state index contributed by atoms with van der Waals surface area (Å²) in [6.07, 6.45) is 11.6. The van der Waals surface area contributed by atoms with Crippen LogP contribution in [0.15, 0.2) is 0 Å². The Labute approximate surface area is 93.6 Å². The van der Waals surface area contributed by atoms with E-state index < -0.39 is 0 Å². The molecular formula is C14H24O. The number of fused-ring (bicyclic) bond motifs is 1. The summed E-state index contributed by atoms with van der Waals surface area (Å²) in [5, 5.41) is 0. The topological polar surface area (TPSA) is 17.1 Å². The largest absolute Gasteiger partial charge is 0.299 e. The number of carbonyl (C=O) groups is 1. The summed E-state index contributed by atoms with van der Waals surface area (Å²) in [4.78, 5) is 11.9. The first-order valence-corrected chi connectivity index (χ1v) is 6.86. The minimum Gasteiger partial charge on any atom is -0.299 e. The van der Waals surface area contributed by atoms with Crippen molar-refractivity contribution in [1.82, 2.24) is 0 Å². The van der Waals surface area contributed by atoms with Gasteiger partial charge >= 0.3 is 0 Å². The number of hydrogen-bond donors (Lipinski definition) is 0. The SMILES string of the molecule is CCCCCCC[C@@H]1CC[C@H]2C[C@H]2C1=O. The Bertz CT molecular complexity index is 221. The van der Waals surface area contributed by atoms with Crippen LogP contribution in [0.5, 0.6) is 0 Å². The maximum atomic E-state index is 11.9. The van der Waals surface area contributed by atoms with Gasteiger partial charge in [-0.25, -0.2) is 0 Å². The highest BCUT2D eigenvalue weighted by molar-refractivity contribution is 5.86. The molecule has 1 nitrogen and oxygen atoms in total. The van der Waals surface area contributed by atoms with E-state index in [4.69, 9.17) is 0 Å². The molecule has 2 saturated carbocycles. The number of carbonyl (C=O) groups excluding carboxylic acids is 1. The fourth-order valence-electron chi connectivity index (χ4n) is 3.06. The highest BCUT2D eigenvalue weighted by Crippen LogP contribution is 2.49. The number of unbranched alkanes of at least 4 members (excludes halogenated alkanes) is 4. The summed E-state index contributed by atoms with van der Waals surface area (Å²) in [7, 11) is 0. The van der Waals surface area contributed by atoms with Gasteiger partial charge in [-0.1, -0.05) is 39.0 Å². The van der Waals surface area contributed by atoms with Gasteiger partial charge in [0.15, 0.2) is 0 Å². The standard InChI is InChI=1S/C14H24O/c1-2-3-4-5-6-7-11-8-9-12-10-13(12)14(11)15/h11-13H,2-10H2,1H3/t11-,12+,13-/m1/s1. The number of hydrogen-bond acceptors (Lipinski definition) is 1. The minimum atomic E-state index is 0.454. The van der Waals surface area contributed by atoms with Gasteiger partial charge in [0.2, 0.25) is 0 Å². The van der Waals surface area contributed by atoms with Gasteiger partial charge in [0.25, 0.3) is 0 Å². The van der Waals surface area contributed by atoms with Crippen LogP contribution in [0.2, 0.25) is 0 Å². The van der Waals surface area contributed by atoms with E-state index in [1.165, 1.54) is 57.8 Å². The van der Waals surface area contributed by atoms with Crippen LogP contribution in [0.4, 0.5) is 0 Å². The van der Waals surface area contributed by atoms with Crippen LogP contribution in [-0.4, -0.2) is 5.78 Å². The van der Waals surface area contributed by atoms with E-state index in [0.29, 0.717) is 17.6 Å². The zero-order chi connectivity index (χ0) is 10.7. The lowest BCUT2D eigenvalue weighted by Gasteiger charge is -2.19. The van der Waals surface area contributed by atoms with Crippen molar-refractivity contribution in [3.05, 3.63) is 0 Å². The van der Waals surface area contributed by atoms with Crippen LogP contribution in [0.3, 0.4) is 0 Å². The van der Waals surface area contributed by atoms with Crippen molar-refractivity contribution >= 4 is 5.78 Å². The van der Waals surface area contributed by atoms with Crippen LogP contribution in [-0.2, 0) is 4.79 Å². The van der Waals surface area contributed by atoms with E-state index in [1.807, 2.05) is 0 Å². The molecule has 0 unspecified atom stereocenters. The Hall–Kier alpha value is -0.330. The van der Waals surface area contributed by atoms with Crippen LogP contribution in [0.25, 0.3) is 0 Å². The van der Waals surface area contributed by atoms with E-state index >= 15 is 0 Å². The van der Waals surface area contributed by atoms with Crippen molar-refractivity contribution in [2.24, 2.45) is 17.8 Å². The predicted molar refractivity (Wildman–Crippen MR) is 62.7 cm³/mol. The molecule has 0 spiro atoms. The second kappa shape index (κ2) is 5.14. The Morgan fingerprint density at radius 3 is 2.73 bits per heavy atom. The van der Waals surface area contributed by atoms with E-state index in [0.717, 1.165) is 5.92 Å². The molecule has 2 aliphatic carbocycles. The third kappa shape index (κ3) is 2.83. The summed E-state index contributed by atoms with van der Waals surface area (Å²) in [5.41, 5.74) is 0. The average Bonchev–Trinajstić information content (AvgIpc) is 3.01. The second-order valence-corrected chi connectivity index (χ2v) is 5.48. The fourth-order valence-corrected chi connectivity index (χ4v) is 3.06. The number of rotatable bonds is 6. The fraction of sp³-hybridized carbons (Fsp3) is 0.929. The Balaban J connectivity index is 1.60. The molecule has 1 heteroatoms. The van der Waals surface area contributed by atoms with Crippen LogP contribution >= 0.6 is 0 Å². The van der Waals surface area contributed by atoms with Crippen molar-refractivity contribution in [2.75, 3.05) is 0 Å². The maximum absolute atomic E-state index is 11.9. The third-order valence-corrected chi connectivity index (χ3v) is 4.23. The molecule has 0 bridgehead atoms. The molecule has 0 heterocycles. The Kier molecular flexibility index (Phi) is 3.82. The first-order valence-electron chi connectivity index (χ1n) is 6.86. The summed E-state index contributed by atoms with van der Waals surface area (Å²) in [6.45, 7) is 2.25. The van der Waals surface area contributed by atoms with E-state index in [9.17, 15) is 4.79 Å². The molecule has 0 N–H and O–H groups in total. The monoisotopic (exact) mass is 208 g/mol. The lowest BCUT2D eigenvalue weighted by molar-refractivity contribution is -0.126. The summed E-state index contributed by atoms with van der Waals surface area (Å²) in [5.74, 6) is 2.41. The quantitative estimate of drug-likeness (QED) is 0.604. The lowest BCUT2D eigenvalue weighted by atomic mass is 9.84. The average molecular weight is 208 g/mol. The molecule has 0 aromatic carbocycles. The van der Waals surface area contributed by atoms with Gasteiger partial charge in [-0.15, -0.1) is 0 Å². The van der Waals surface area contributed by atoms with Crippen molar-refractivity contribution in [3.8, 4) is 0 Å². The van der Waals surface area contributed by atoms with Crippen molar-refractivity contribution in [1.29, 1.82) is 0 Å². The second-order valence-electron chi connectivity index (χ2n) is 5.48. The molecule has 0 amide bonds. The molecule has 0 aliphatic heterocycles. The van der Waals surface area contributed by atoms with E-state index in [2.05, 4.69) is 6.92 Å². The summed E-state index contributed by atoms with van der Waals surface area (Å²) < 4.78 is 0. The lowest BCUT2D eigenvalue weighted by Crippen LogP contribution is -2.21. The van der Waals surface area contributed by atoms with E-state index in [-0.39, 0.29) is 0 Å². The first kappa shape index (κ1) is 11.2. The van der Waals surface area contributed by atoms with Crippen LogP contribution in [0.1, 0.15) is 64.7 Å². The first-order chi connectivity index (χ1) is 7.33. The Morgan fingerprint density at radius 2 is 1.93 bits per heavy atom. The van der Waals surface area contributed by atoms with Crippen LogP contribution in [0, 0.1) is 17.8 Å². The zero-order valence-electron chi connectivity index (χ0n) is 10.0. The third-order valence-electron chi connectivity index (χ3n) is 4.23. The van der Waals surface area contributed by atoms with Gasteiger partial charge in [0, 0.05) is 11.8 Å². The number of Topliss-reactive ketones (excluding diaryl/α,β-unsaturated/α-hetero) is 1. The molecule has 15 heavy (non-hydrogen) atoms. The van der Waals surface area contributed by atoms with Gasteiger partial charge in [-0.2, -0.15) is 0 Å². The van der Waals surface area contributed by atoms with Crippen molar-refractivity contribution in [2.45, 2.75) is 64.7 Å². The normalized spacial score (nSPS) is 33.9.